The maximum absolute atomic E-state index is 13.2. The molecule has 1 aliphatic heterocycles. The number of aliphatic hydroxyl groups is 2. The number of carbonyl (C=O) groups is 4. The third-order valence-corrected chi connectivity index (χ3v) is 14.8. The second-order valence-electron chi connectivity index (χ2n) is 16.4. The van der Waals surface area contributed by atoms with Gasteiger partial charge in [0.15, 0.2) is 14.4 Å². The summed E-state index contributed by atoms with van der Waals surface area (Å²) in [6, 6.07) is 9.26. The molecule has 1 aliphatic rings. The Bertz CT molecular complexity index is 1370. The first-order chi connectivity index (χ1) is 25.2. The van der Waals surface area contributed by atoms with Gasteiger partial charge >= 0.3 is 23.9 Å². The molecule has 0 aromatic heterocycles. The van der Waals surface area contributed by atoms with Gasteiger partial charge in [0.1, 0.15) is 13.2 Å². The molecule has 0 amide bonds. The van der Waals surface area contributed by atoms with E-state index in [0.29, 0.717) is 6.42 Å². The zero-order chi connectivity index (χ0) is 40.6. The molecule has 13 heteroatoms. The topological polar surface area (TPSA) is 164 Å². The number of benzene rings is 1. The molecule has 1 fully saturated rings. The second kappa shape index (κ2) is 21.8. The van der Waals surface area contributed by atoms with E-state index in [-0.39, 0.29) is 69.0 Å². The van der Waals surface area contributed by atoms with Crippen LogP contribution in [-0.4, -0.2) is 86.8 Å². The van der Waals surface area contributed by atoms with E-state index in [0.717, 1.165) is 31.2 Å². The molecule has 54 heavy (non-hydrogen) atoms. The lowest BCUT2D eigenvalue weighted by molar-refractivity contribution is -0.341. The molecule has 1 aromatic rings. The van der Waals surface area contributed by atoms with Crippen molar-refractivity contribution in [3.8, 4) is 0 Å². The van der Waals surface area contributed by atoms with Gasteiger partial charge in [-0.3, -0.25) is 14.4 Å². The number of ether oxygens (including phenoxy) is 5. The summed E-state index contributed by atoms with van der Waals surface area (Å²) in [6.07, 6.45) is 2.70. The first kappa shape index (κ1) is 47.0. The fourth-order valence-electron chi connectivity index (χ4n) is 5.70. The van der Waals surface area contributed by atoms with E-state index < -0.39 is 61.7 Å². The minimum atomic E-state index is -2.31. The van der Waals surface area contributed by atoms with Crippen molar-refractivity contribution in [1.82, 2.24) is 0 Å². The average Bonchev–Trinajstić information content (AvgIpc) is 3.10. The molecule has 1 heterocycles. The molecular weight excluding hydrogens is 713 g/mol. The number of hydrogen-bond donors (Lipinski definition) is 2. The van der Waals surface area contributed by atoms with Gasteiger partial charge in [-0.15, -0.1) is 0 Å². The number of rotatable bonds is 22. The largest absolute Gasteiger partial charge is 0.466 e. The smallest absolute Gasteiger partial charge is 0.330 e. The highest BCUT2D eigenvalue weighted by atomic mass is 28.4. The van der Waals surface area contributed by atoms with Crippen molar-refractivity contribution in [2.24, 2.45) is 5.41 Å². The van der Waals surface area contributed by atoms with Crippen LogP contribution in [0.25, 0.3) is 0 Å². The summed E-state index contributed by atoms with van der Waals surface area (Å²) < 4.78 is 34.3. The fourth-order valence-corrected chi connectivity index (χ4v) is 6.75. The van der Waals surface area contributed by atoms with Crippen LogP contribution in [0, 0.1) is 5.41 Å². The summed E-state index contributed by atoms with van der Waals surface area (Å²) in [7, 11) is -0.975. The van der Waals surface area contributed by atoms with Crippen LogP contribution in [-0.2, 0) is 53.9 Å². The zero-order valence-corrected chi connectivity index (χ0v) is 35.1. The van der Waals surface area contributed by atoms with Crippen LogP contribution in [0.1, 0.15) is 118 Å². The van der Waals surface area contributed by atoms with E-state index in [1.54, 1.807) is 13.8 Å². The van der Waals surface area contributed by atoms with Gasteiger partial charge in [0.05, 0.1) is 31.3 Å². The molecule has 2 N–H and O–H groups in total. The van der Waals surface area contributed by atoms with E-state index in [9.17, 15) is 29.4 Å². The third-order valence-electron chi connectivity index (χ3n) is 10.3. The normalized spacial score (nSPS) is 20.6. The third kappa shape index (κ3) is 15.2. The summed E-state index contributed by atoms with van der Waals surface area (Å²) in [5, 5.41) is 23.6. The van der Waals surface area contributed by atoms with Gasteiger partial charge in [-0.25, -0.2) is 4.79 Å². The van der Waals surface area contributed by atoms with Gasteiger partial charge in [-0.1, -0.05) is 97.6 Å². The summed E-state index contributed by atoms with van der Waals surface area (Å²) in [6.45, 7) is 15.6. The Morgan fingerprint density at radius 2 is 1.54 bits per heavy atom. The number of unbranched alkanes of at least 4 members (excludes halogenated alkanes) is 4. The lowest BCUT2D eigenvalue weighted by Crippen LogP contribution is -2.63. The van der Waals surface area contributed by atoms with Crippen LogP contribution >= 0.6 is 0 Å². The maximum Gasteiger partial charge on any atom is 0.330 e. The van der Waals surface area contributed by atoms with E-state index in [2.05, 4.69) is 40.8 Å². The monoisotopic (exact) mass is 778 g/mol. The summed E-state index contributed by atoms with van der Waals surface area (Å²) in [5.41, 5.74) is -0.321. The van der Waals surface area contributed by atoms with Crippen molar-refractivity contribution in [3.05, 3.63) is 47.5 Å². The SMILES string of the molecule is CCCCCCCC(=O)O[C@H]1/C(=C/C(=O)OC)C[C@@H](C[C@@H](O)CO[Si](C)(C)C(C)(C)C)O[C@@]1(O)C(C)(C)COC(=O)CCCC(=O)OCc1ccccc1. The molecule has 0 radical (unpaired) electrons. The molecule has 0 unspecified atom stereocenters. The van der Waals surface area contributed by atoms with Gasteiger partial charge in [-0.2, -0.15) is 0 Å². The fraction of sp³-hybridized carbons (Fsp3) is 0.707. The summed E-state index contributed by atoms with van der Waals surface area (Å²) in [5.74, 6) is -4.67. The van der Waals surface area contributed by atoms with Crippen molar-refractivity contribution in [2.45, 2.75) is 161 Å². The predicted molar refractivity (Wildman–Crippen MR) is 206 cm³/mol. The highest BCUT2D eigenvalue weighted by molar-refractivity contribution is 6.74. The van der Waals surface area contributed by atoms with Crippen molar-refractivity contribution in [1.29, 1.82) is 0 Å². The van der Waals surface area contributed by atoms with Crippen LogP contribution in [0.5, 0.6) is 0 Å². The number of carbonyl (C=O) groups excluding carboxylic acids is 4. The lowest BCUT2D eigenvalue weighted by atomic mass is 9.75. The molecule has 0 bridgehead atoms. The molecule has 12 nitrogen and oxygen atoms in total. The van der Waals surface area contributed by atoms with Crippen molar-refractivity contribution in [3.63, 3.8) is 0 Å². The Morgan fingerprint density at radius 3 is 2.15 bits per heavy atom. The van der Waals surface area contributed by atoms with Gasteiger partial charge in [0.25, 0.3) is 0 Å². The number of hydrogen-bond acceptors (Lipinski definition) is 12. The van der Waals surface area contributed by atoms with Crippen LogP contribution in [0.3, 0.4) is 0 Å². The first-order valence-corrected chi connectivity index (χ1v) is 22.2. The molecular formula is C41H66O12Si. The van der Waals surface area contributed by atoms with Crippen molar-refractivity contribution < 1.29 is 57.5 Å². The van der Waals surface area contributed by atoms with Gasteiger partial charge in [0, 0.05) is 31.8 Å². The van der Waals surface area contributed by atoms with Crippen molar-refractivity contribution >= 4 is 32.2 Å². The Kier molecular flexibility index (Phi) is 19.0. The molecule has 0 aliphatic carbocycles. The van der Waals surface area contributed by atoms with Crippen molar-refractivity contribution in [2.75, 3.05) is 20.3 Å². The standard InChI is InChI=1S/C41H66O12Si/c1-10-11-12-13-17-21-36(45)52-38-31(25-37(46)48-7)24-33(26-32(42)28-51-54(8,9)39(2,3)4)53-41(38,47)40(5,6)29-50-35(44)23-18-22-34(43)49-27-30-19-15-14-16-20-30/h14-16,19-20,25,32-33,38,42,47H,10-13,17-18,21-24,26-29H2,1-9H3/b31-25+/t32-,33+,38+,41-/m1/s1. The maximum atomic E-state index is 13.2. The Labute approximate surface area is 323 Å². The minimum absolute atomic E-state index is 0.0136. The molecule has 2 rings (SSSR count). The van der Waals surface area contributed by atoms with E-state index in [4.69, 9.17) is 28.1 Å². The number of aliphatic hydroxyl groups excluding tert-OH is 1. The Balaban J connectivity index is 2.25. The van der Waals surface area contributed by atoms with E-state index in [1.807, 2.05) is 30.3 Å². The van der Waals surface area contributed by atoms with Crippen LogP contribution in [0.2, 0.25) is 18.1 Å². The minimum Gasteiger partial charge on any atom is -0.466 e. The van der Waals surface area contributed by atoms with E-state index >= 15 is 0 Å². The Hall–Kier alpha value is -3.10. The molecule has 0 saturated carbocycles. The molecule has 4 atom stereocenters. The van der Waals surface area contributed by atoms with Crippen LogP contribution < -0.4 is 0 Å². The number of esters is 4. The average molecular weight is 779 g/mol. The van der Waals surface area contributed by atoms with Gasteiger partial charge < -0.3 is 38.3 Å². The summed E-state index contributed by atoms with van der Waals surface area (Å²) in [4.78, 5) is 51.0. The Morgan fingerprint density at radius 1 is 0.926 bits per heavy atom. The molecule has 306 valence electrons. The summed E-state index contributed by atoms with van der Waals surface area (Å²) >= 11 is 0. The molecule has 1 saturated heterocycles. The van der Waals surface area contributed by atoms with E-state index in [1.165, 1.54) is 13.2 Å². The lowest BCUT2D eigenvalue weighted by Gasteiger charge is -2.51. The highest BCUT2D eigenvalue weighted by Crippen LogP contribution is 2.46. The van der Waals surface area contributed by atoms with Gasteiger partial charge in [0.2, 0.25) is 5.79 Å². The van der Waals surface area contributed by atoms with Gasteiger partial charge in [-0.05, 0) is 48.5 Å². The van der Waals surface area contributed by atoms with Crippen LogP contribution in [0.15, 0.2) is 42.0 Å². The quantitative estimate of drug-likeness (QED) is 0.0405. The number of methoxy groups -OCH3 is 1. The first-order valence-electron chi connectivity index (χ1n) is 19.3. The van der Waals surface area contributed by atoms with Crippen LogP contribution in [0.4, 0.5) is 0 Å². The highest BCUT2D eigenvalue weighted by Gasteiger charge is 2.59. The predicted octanol–water partition coefficient (Wildman–Crippen LogP) is 7.09. The molecule has 0 spiro atoms. The second-order valence-corrected chi connectivity index (χ2v) is 21.2. The zero-order valence-electron chi connectivity index (χ0n) is 34.1. The molecule has 1 aromatic carbocycles.